The van der Waals surface area contributed by atoms with Gasteiger partial charge in [-0.05, 0) is 45.1 Å². The minimum absolute atomic E-state index is 0.566. The van der Waals surface area contributed by atoms with Gasteiger partial charge in [0.05, 0.1) is 0 Å². The minimum atomic E-state index is 0.566. The molecule has 0 aliphatic heterocycles. The summed E-state index contributed by atoms with van der Waals surface area (Å²) >= 11 is 0. The Morgan fingerprint density at radius 1 is 1.00 bits per heavy atom. The van der Waals surface area contributed by atoms with Crippen molar-refractivity contribution in [1.82, 2.24) is 4.90 Å². The number of benzene rings is 1. The van der Waals surface area contributed by atoms with E-state index < -0.39 is 0 Å². The van der Waals surface area contributed by atoms with Gasteiger partial charge in [0.2, 0.25) is 0 Å². The molecule has 0 amide bonds. The van der Waals surface area contributed by atoms with Gasteiger partial charge in [-0.3, -0.25) is 0 Å². The fraction of sp³-hybridized carbons (Fsp3) is 0.667. The third-order valence-electron chi connectivity index (χ3n) is 3.61. The first-order valence-corrected chi connectivity index (χ1v) is 8.12. The van der Waals surface area contributed by atoms with E-state index in [1.165, 1.54) is 49.8 Å². The van der Waals surface area contributed by atoms with Crippen LogP contribution in [0, 0.1) is 0 Å². The van der Waals surface area contributed by atoms with Crippen LogP contribution in [0.5, 0.6) is 0 Å². The van der Waals surface area contributed by atoms with Crippen molar-refractivity contribution in [3.63, 3.8) is 0 Å². The zero-order chi connectivity index (χ0) is 14.8. The van der Waals surface area contributed by atoms with E-state index in [4.69, 9.17) is 0 Å². The van der Waals surface area contributed by atoms with Crippen molar-refractivity contribution in [2.45, 2.75) is 65.0 Å². The van der Waals surface area contributed by atoms with Crippen LogP contribution >= 0.6 is 0 Å². The van der Waals surface area contributed by atoms with Crippen LogP contribution in [0.4, 0.5) is 5.69 Å². The largest absolute Gasteiger partial charge is 0.383 e. The maximum Gasteiger partial charge on any atom is 0.0342 e. The van der Waals surface area contributed by atoms with Crippen LogP contribution < -0.4 is 5.32 Å². The summed E-state index contributed by atoms with van der Waals surface area (Å²) in [6, 6.07) is 9.40. The molecule has 0 spiro atoms. The lowest BCUT2D eigenvalue weighted by Gasteiger charge is -2.16. The molecule has 0 aliphatic carbocycles. The van der Waals surface area contributed by atoms with E-state index in [-0.39, 0.29) is 0 Å². The Morgan fingerprint density at radius 2 is 1.65 bits per heavy atom. The van der Waals surface area contributed by atoms with E-state index in [1.807, 2.05) is 0 Å². The molecule has 1 aromatic rings. The van der Waals surface area contributed by atoms with Gasteiger partial charge < -0.3 is 10.2 Å². The van der Waals surface area contributed by atoms with Crippen molar-refractivity contribution in [3.05, 3.63) is 29.8 Å². The number of anilines is 1. The Kier molecular flexibility index (Phi) is 8.36. The number of nitrogens with one attached hydrogen (secondary N) is 1. The first-order valence-electron chi connectivity index (χ1n) is 8.12. The third kappa shape index (κ3) is 7.54. The molecule has 114 valence electrons. The molecule has 20 heavy (non-hydrogen) atoms. The van der Waals surface area contributed by atoms with Crippen LogP contribution in [-0.4, -0.2) is 25.0 Å². The second-order valence-corrected chi connectivity index (χ2v) is 6.18. The first-order chi connectivity index (χ1) is 9.61. The maximum atomic E-state index is 3.60. The van der Waals surface area contributed by atoms with Crippen LogP contribution in [0.25, 0.3) is 0 Å². The van der Waals surface area contributed by atoms with E-state index in [0.717, 1.165) is 6.54 Å². The van der Waals surface area contributed by atoms with Crippen LogP contribution in [0.1, 0.15) is 57.9 Å². The van der Waals surface area contributed by atoms with E-state index in [1.54, 1.807) is 0 Å². The van der Waals surface area contributed by atoms with Gasteiger partial charge in [-0.25, -0.2) is 0 Å². The molecule has 1 rings (SSSR count). The molecule has 1 aromatic carbocycles. The first kappa shape index (κ1) is 17.0. The Labute approximate surface area is 125 Å². The van der Waals surface area contributed by atoms with Crippen molar-refractivity contribution in [3.8, 4) is 0 Å². The minimum Gasteiger partial charge on any atom is -0.383 e. The van der Waals surface area contributed by atoms with E-state index >= 15 is 0 Å². The molecule has 0 aliphatic rings. The molecule has 0 heterocycles. The highest BCUT2D eigenvalue weighted by molar-refractivity contribution is 5.45. The summed E-state index contributed by atoms with van der Waals surface area (Å²) in [5.41, 5.74) is 2.61. The molecule has 0 radical (unpaired) electrons. The van der Waals surface area contributed by atoms with Crippen molar-refractivity contribution in [1.29, 1.82) is 0 Å². The fourth-order valence-corrected chi connectivity index (χ4v) is 2.48. The normalized spacial score (nSPS) is 12.7. The highest BCUT2D eigenvalue weighted by atomic mass is 15.0. The predicted octanol–water partition coefficient (Wildman–Crippen LogP) is 4.91. The maximum absolute atomic E-state index is 3.60. The number of nitrogens with zero attached hydrogens (tertiary/aromatic N) is 1. The number of rotatable bonds is 10. The highest BCUT2D eigenvalue weighted by Gasteiger charge is 2.02. The van der Waals surface area contributed by atoms with Gasteiger partial charge >= 0.3 is 0 Å². The van der Waals surface area contributed by atoms with Crippen LogP contribution in [0.3, 0.4) is 0 Å². The quantitative estimate of drug-likeness (QED) is 0.611. The highest BCUT2D eigenvalue weighted by Crippen LogP contribution is 2.14. The molecule has 0 saturated carbocycles. The molecule has 1 atom stereocenters. The smallest absolute Gasteiger partial charge is 0.0342 e. The van der Waals surface area contributed by atoms with Gasteiger partial charge in [0, 0.05) is 18.3 Å². The topological polar surface area (TPSA) is 15.3 Å². The lowest BCUT2D eigenvalue weighted by atomic mass is 10.1. The van der Waals surface area contributed by atoms with E-state index in [9.17, 15) is 0 Å². The standard InChI is InChI=1S/C18H32N2/c1-5-6-7-8-9-10-16(2)19-18-13-11-17(12-14-18)15-20(3)4/h11-14,16,19H,5-10,15H2,1-4H3. The van der Waals surface area contributed by atoms with E-state index in [0.29, 0.717) is 6.04 Å². The van der Waals surface area contributed by atoms with Crippen molar-refractivity contribution in [2.75, 3.05) is 19.4 Å². The average Bonchev–Trinajstić information content (AvgIpc) is 2.40. The Hall–Kier alpha value is -1.02. The Morgan fingerprint density at radius 3 is 2.25 bits per heavy atom. The molecule has 0 saturated heterocycles. The van der Waals surface area contributed by atoms with Gasteiger partial charge in [0.1, 0.15) is 0 Å². The van der Waals surface area contributed by atoms with Crippen LogP contribution in [-0.2, 0) is 6.54 Å². The number of hydrogen-bond donors (Lipinski definition) is 1. The van der Waals surface area contributed by atoms with Crippen molar-refractivity contribution >= 4 is 5.69 Å². The SMILES string of the molecule is CCCCCCCC(C)Nc1ccc(CN(C)C)cc1. The van der Waals surface area contributed by atoms with Gasteiger partial charge in [0.15, 0.2) is 0 Å². The molecular weight excluding hydrogens is 244 g/mol. The number of hydrogen-bond acceptors (Lipinski definition) is 2. The summed E-state index contributed by atoms with van der Waals surface area (Å²) in [6.07, 6.45) is 8.09. The van der Waals surface area contributed by atoms with Crippen LogP contribution in [0.2, 0.25) is 0 Å². The van der Waals surface area contributed by atoms with Gasteiger partial charge in [-0.2, -0.15) is 0 Å². The van der Waals surface area contributed by atoms with Gasteiger partial charge in [-0.1, -0.05) is 51.2 Å². The molecule has 0 fully saturated rings. The van der Waals surface area contributed by atoms with Gasteiger partial charge in [0.25, 0.3) is 0 Å². The molecular formula is C18H32N2. The van der Waals surface area contributed by atoms with Crippen molar-refractivity contribution in [2.24, 2.45) is 0 Å². The summed E-state index contributed by atoms with van der Waals surface area (Å²) in [4.78, 5) is 2.20. The second kappa shape index (κ2) is 9.82. The van der Waals surface area contributed by atoms with Gasteiger partial charge in [-0.15, -0.1) is 0 Å². The second-order valence-electron chi connectivity index (χ2n) is 6.18. The van der Waals surface area contributed by atoms with Crippen molar-refractivity contribution < 1.29 is 0 Å². The summed E-state index contributed by atoms with van der Waals surface area (Å²) < 4.78 is 0. The molecule has 1 unspecified atom stereocenters. The predicted molar refractivity (Wildman–Crippen MR) is 90.3 cm³/mol. The molecule has 1 N–H and O–H groups in total. The average molecular weight is 276 g/mol. The lowest BCUT2D eigenvalue weighted by molar-refractivity contribution is 0.402. The van der Waals surface area contributed by atoms with Crippen LogP contribution in [0.15, 0.2) is 24.3 Å². The molecule has 2 nitrogen and oxygen atoms in total. The fourth-order valence-electron chi connectivity index (χ4n) is 2.48. The zero-order valence-electron chi connectivity index (χ0n) is 13.8. The summed E-state index contributed by atoms with van der Waals surface area (Å²) in [6.45, 7) is 5.56. The molecule has 0 bridgehead atoms. The Bertz CT molecular complexity index is 343. The zero-order valence-corrected chi connectivity index (χ0v) is 13.8. The third-order valence-corrected chi connectivity index (χ3v) is 3.61. The monoisotopic (exact) mass is 276 g/mol. The molecule has 2 heteroatoms. The molecule has 0 aromatic heterocycles. The van der Waals surface area contributed by atoms with E-state index in [2.05, 4.69) is 62.4 Å². The summed E-state index contributed by atoms with van der Waals surface area (Å²) in [5.74, 6) is 0. The number of unbranched alkanes of at least 4 members (excludes halogenated alkanes) is 4. The summed E-state index contributed by atoms with van der Waals surface area (Å²) in [5, 5.41) is 3.60. The summed E-state index contributed by atoms with van der Waals surface area (Å²) in [7, 11) is 4.21. The Balaban J connectivity index is 2.25. The lowest BCUT2D eigenvalue weighted by Crippen LogP contribution is -2.15.